The van der Waals surface area contributed by atoms with Crippen LogP contribution >= 0.6 is 0 Å². The van der Waals surface area contributed by atoms with Gasteiger partial charge in [0.2, 0.25) is 5.60 Å². The Bertz CT molecular complexity index is 934. The molecule has 1 saturated heterocycles. The molecule has 4 N–H and O–H groups in total. The van der Waals surface area contributed by atoms with E-state index in [2.05, 4.69) is 10.1 Å². The summed E-state index contributed by atoms with van der Waals surface area (Å²) in [4.78, 5) is 16.1. The van der Waals surface area contributed by atoms with E-state index in [9.17, 15) is 20.3 Å². The number of anilines is 1. The summed E-state index contributed by atoms with van der Waals surface area (Å²) in [7, 11) is 0. The van der Waals surface area contributed by atoms with Crippen LogP contribution in [0.15, 0.2) is 18.5 Å². The smallest absolute Gasteiger partial charge is 0.309 e. The van der Waals surface area contributed by atoms with Gasteiger partial charge in [-0.1, -0.05) is 12.8 Å². The van der Waals surface area contributed by atoms with Gasteiger partial charge in [-0.15, -0.1) is 0 Å². The van der Waals surface area contributed by atoms with Crippen LogP contribution in [0.2, 0.25) is 0 Å². The number of nitrogen functional groups attached to an aromatic ring is 1. The van der Waals surface area contributed by atoms with E-state index in [4.69, 9.17) is 15.2 Å². The van der Waals surface area contributed by atoms with Crippen molar-refractivity contribution in [3.05, 3.63) is 24.2 Å². The number of carbonyl (C=O) groups excluding carboxylic acids is 1. The van der Waals surface area contributed by atoms with Crippen molar-refractivity contribution in [1.82, 2.24) is 14.6 Å². The Morgan fingerprint density at radius 1 is 1.43 bits per heavy atom. The lowest BCUT2D eigenvalue weighted by atomic mass is 9.96. The number of rotatable bonds is 4. The second-order valence-corrected chi connectivity index (χ2v) is 7.26. The molecule has 148 valence electrons. The first-order valence-electron chi connectivity index (χ1n) is 9.17. The maximum Gasteiger partial charge on any atom is 0.309 e. The number of nitriles is 1. The molecule has 1 aliphatic heterocycles. The molecule has 0 unspecified atom stereocenters. The number of aromatic nitrogens is 3. The number of fused-ring (bicyclic) bond motifs is 1. The Kier molecular flexibility index (Phi) is 4.66. The summed E-state index contributed by atoms with van der Waals surface area (Å²) in [5, 5.41) is 34.8. The van der Waals surface area contributed by atoms with E-state index in [0.717, 1.165) is 25.7 Å². The van der Waals surface area contributed by atoms with Gasteiger partial charge in [-0.25, -0.2) is 9.50 Å². The van der Waals surface area contributed by atoms with Gasteiger partial charge in [0, 0.05) is 0 Å². The number of hydrogen-bond donors (Lipinski definition) is 3. The normalized spacial score (nSPS) is 30.5. The molecule has 2 aromatic heterocycles. The zero-order valence-electron chi connectivity index (χ0n) is 15.1. The van der Waals surface area contributed by atoms with Crippen molar-refractivity contribution in [2.45, 2.75) is 49.6 Å². The van der Waals surface area contributed by atoms with E-state index >= 15 is 0 Å². The van der Waals surface area contributed by atoms with Crippen LogP contribution in [-0.2, 0) is 14.3 Å². The van der Waals surface area contributed by atoms with E-state index in [1.807, 2.05) is 6.07 Å². The predicted molar refractivity (Wildman–Crippen MR) is 94.5 cm³/mol. The molecule has 2 aromatic rings. The van der Waals surface area contributed by atoms with Crippen LogP contribution in [0.5, 0.6) is 0 Å². The van der Waals surface area contributed by atoms with E-state index in [1.165, 1.54) is 10.8 Å². The number of aliphatic hydroxyl groups is 2. The molecule has 0 bridgehead atoms. The molecule has 10 heteroatoms. The maximum atomic E-state index is 12.2. The van der Waals surface area contributed by atoms with Gasteiger partial charge in [-0.3, -0.25) is 4.79 Å². The number of ether oxygens (including phenoxy) is 2. The van der Waals surface area contributed by atoms with Crippen LogP contribution in [-0.4, -0.2) is 55.2 Å². The summed E-state index contributed by atoms with van der Waals surface area (Å²) in [6, 6.07) is 5.16. The third kappa shape index (κ3) is 2.88. The molecule has 4 atom stereocenters. The van der Waals surface area contributed by atoms with Crippen LogP contribution in [0, 0.1) is 17.2 Å². The number of nitrogens with zero attached hydrogens (tertiary/aromatic N) is 4. The van der Waals surface area contributed by atoms with Crippen molar-refractivity contribution in [2.75, 3.05) is 12.3 Å². The highest BCUT2D eigenvalue weighted by molar-refractivity contribution is 5.72. The summed E-state index contributed by atoms with van der Waals surface area (Å²) in [6.45, 7) is -0.464. The van der Waals surface area contributed by atoms with Crippen molar-refractivity contribution in [2.24, 2.45) is 5.92 Å². The summed E-state index contributed by atoms with van der Waals surface area (Å²) < 4.78 is 12.5. The molecule has 1 saturated carbocycles. The monoisotopic (exact) mass is 387 g/mol. The number of nitrogens with two attached hydrogens (primary N) is 1. The molecule has 1 aliphatic carbocycles. The fourth-order valence-electron chi connectivity index (χ4n) is 3.93. The molecular weight excluding hydrogens is 366 g/mol. The summed E-state index contributed by atoms with van der Waals surface area (Å²) in [5.41, 5.74) is 4.84. The molecule has 4 rings (SSSR count). The first-order chi connectivity index (χ1) is 13.5. The third-order valence-electron chi connectivity index (χ3n) is 5.56. The lowest BCUT2D eigenvalue weighted by molar-refractivity contribution is -0.159. The largest absolute Gasteiger partial charge is 0.461 e. The van der Waals surface area contributed by atoms with E-state index < -0.39 is 36.5 Å². The second kappa shape index (κ2) is 7.01. The highest BCUT2D eigenvalue weighted by atomic mass is 16.6. The quantitative estimate of drug-likeness (QED) is 0.619. The molecular formula is C18H21N5O5. The zero-order chi connectivity index (χ0) is 19.9. The summed E-state index contributed by atoms with van der Waals surface area (Å²) in [5.74, 6) is -0.356. The second-order valence-electron chi connectivity index (χ2n) is 7.26. The Morgan fingerprint density at radius 2 is 2.18 bits per heavy atom. The fourth-order valence-corrected chi connectivity index (χ4v) is 3.93. The lowest BCUT2D eigenvalue weighted by Gasteiger charge is -2.24. The molecule has 0 amide bonds. The maximum absolute atomic E-state index is 12.2. The molecule has 2 aliphatic rings. The van der Waals surface area contributed by atoms with Gasteiger partial charge in [0.1, 0.15) is 42.8 Å². The van der Waals surface area contributed by atoms with Gasteiger partial charge in [-0.2, -0.15) is 10.4 Å². The molecule has 2 fully saturated rings. The Balaban J connectivity index is 1.57. The molecule has 0 spiro atoms. The molecule has 0 radical (unpaired) electrons. The highest BCUT2D eigenvalue weighted by Crippen LogP contribution is 2.41. The Morgan fingerprint density at radius 3 is 2.89 bits per heavy atom. The van der Waals surface area contributed by atoms with Crippen LogP contribution in [0.3, 0.4) is 0 Å². The fraction of sp³-hybridized carbons (Fsp3) is 0.556. The van der Waals surface area contributed by atoms with Crippen LogP contribution < -0.4 is 5.73 Å². The number of hydrogen-bond acceptors (Lipinski definition) is 9. The van der Waals surface area contributed by atoms with Crippen LogP contribution in [0.4, 0.5) is 5.82 Å². The Hall–Kier alpha value is -2.74. The number of carbonyl (C=O) groups is 1. The van der Waals surface area contributed by atoms with Gasteiger partial charge < -0.3 is 25.4 Å². The third-order valence-corrected chi connectivity index (χ3v) is 5.56. The number of aliphatic hydroxyl groups excluding tert-OH is 2. The van der Waals surface area contributed by atoms with Gasteiger partial charge >= 0.3 is 5.97 Å². The zero-order valence-corrected chi connectivity index (χ0v) is 15.1. The van der Waals surface area contributed by atoms with Crippen molar-refractivity contribution in [1.29, 1.82) is 5.26 Å². The van der Waals surface area contributed by atoms with E-state index in [1.54, 1.807) is 12.1 Å². The lowest BCUT2D eigenvalue weighted by Crippen LogP contribution is -2.46. The number of esters is 1. The summed E-state index contributed by atoms with van der Waals surface area (Å²) in [6.07, 6.45) is 0.656. The first-order valence-corrected chi connectivity index (χ1v) is 9.17. The average Bonchev–Trinajstić information content (AvgIpc) is 3.42. The molecule has 3 heterocycles. The predicted octanol–water partition coefficient (Wildman–Crippen LogP) is 0.100. The van der Waals surface area contributed by atoms with Gasteiger partial charge in [0.25, 0.3) is 0 Å². The minimum atomic E-state index is -1.87. The van der Waals surface area contributed by atoms with Gasteiger partial charge in [0.05, 0.1) is 11.6 Å². The van der Waals surface area contributed by atoms with Crippen molar-refractivity contribution < 1.29 is 24.5 Å². The van der Waals surface area contributed by atoms with Crippen molar-refractivity contribution >= 4 is 17.3 Å². The van der Waals surface area contributed by atoms with Crippen LogP contribution in [0.1, 0.15) is 37.5 Å². The molecule has 10 nitrogen and oxygen atoms in total. The van der Waals surface area contributed by atoms with Crippen molar-refractivity contribution in [3.63, 3.8) is 0 Å². The SMILES string of the molecule is N#C[C@]1(COC(=O)C2CCCC2)O[C@@H](c2ccc3c(N)ncnn23)[C@H](O)[C@@H]1O. The topological polar surface area (TPSA) is 156 Å². The van der Waals surface area contributed by atoms with E-state index in [-0.39, 0.29) is 11.7 Å². The minimum Gasteiger partial charge on any atom is -0.461 e. The van der Waals surface area contributed by atoms with Crippen LogP contribution in [0.25, 0.3) is 5.52 Å². The standard InChI is InChI=1S/C18H21N5O5/c19-7-18(8-27-17(26)10-3-1-2-4-10)15(25)13(24)14(28-18)11-5-6-12-16(20)21-9-22-23(11)12/h5-6,9-10,13-15,24-25H,1-4,8H2,(H2,20,21,22)/t13-,14-,15-,18+/m0/s1. The van der Waals surface area contributed by atoms with E-state index in [0.29, 0.717) is 11.2 Å². The average molecular weight is 387 g/mol. The first kappa shape index (κ1) is 18.6. The van der Waals surface area contributed by atoms with Gasteiger partial charge in [-0.05, 0) is 25.0 Å². The van der Waals surface area contributed by atoms with Crippen molar-refractivity contribution in [3.8, 4) is 6.07 Å². The highest BCUT2D eigenvalue weighted by Gasteiger charge is 2.57. The summed E-state index contributed by atoms with van der Waals surface area (Å²) >= 11 is 0. The molecule has 28 heavy (non-hydrogen) atoms. The Labute approximate surface area is 160 Å². The molecule has 0 aromatic carbocycles. The van der Waals surface area contributed by atoms with Gasteiger partial charge in [0.15, 0.2) is 5.82 Å². The minimum absolute atomic E-state index is 0.191.